The molecular weight excluding hydrogens is 451 g/mol. The molecule has 5 nitrogen and oxygen atoms in total. The molecule has 1 heterocycles. The Morgan fingerprint density at radius 2 is 2.12 bits per heavy atom. The van der Waals surface area contributed by atoms with Gasteiger partial charge in [-0.25, -0.2) is 0 Å². The second-order valence-electron chi connectivity index (χ2n) is 6.43. The van der Waals surface area contributed by atoms with Crippen LogP contribution in [0.25, 0.3) is 0 Å². The van der Waals surface area contributed by atoms with Crippen molar-refractivity contribution in [3.05, 3.63) is 34.9 Å². The number of hydrogen-bond acceptors (Lipinski definition) is 3. The first kappa shape index (κ1) is 22.5. The van der Waals surface area contributed by atoms with Crippen LogP contribution in [0.5, 0.6) is 0 Å². The first-order valence-corrected chi connectivity index (χ1v) is 8.92. The van der Waals surface area contributed by atoms with Crippen molar-refractivity contribution >= 4 is 41.5 Å². The van der Waals surface area contributed by atoms with E-state index >= 15 is 0 Å². The Hall–Kier alpha value is -0.570. The number of hydrogen-bond donors (Lipinski definition) is 1. The molecule has 1 unspecified atom stereocenters. The molecule has 1 aromatic rings. The number of aliphatic imine (C=N–C) groups is 1. The lowest BCUT2D eigenvalue weighted by Crippen LogP contribution is -2.44. The molecule has 1 fully saturated rings. The number of benzene rings is 1. The van der Waals surface area contributed by atoms with E-state index in [0.717, 1.165) is 56.9 Å². The minimum Gasteiger partial charge on any atom is -0.379 e. The third kappa shape index (κ3) is 8.11. The fourth-order valence-corrected chi connectivity index (χ4v) is 3.14. The summed E-state index contributed by atoms with van der Waals surface area (Å²) in [4.78, 5) is 8.97. The van der Waals surface area contributed by atoms with Crippen molar-refractivity contribution in [1.29, 1.82) is 0 Å². The molecule has 1 aromatic carbocycles. The maximum atomic E-state index is 6.06. The van der Waals surface area contributed by atoms with E-state index in [1.54, 1.807) is 0 Å². The maximum absolute atomic E-state index is 6.06. The highest BCUT2D eigenvalue weighted by Crippen LogP contribution is 2.12. The smallest absolute Gasteiger partial charge is 0.193 e. The highest BCUT2D eigenvalue weighted by molar-refractivity contribution is 14.0. The van der Waals surface area contributed by atoms with E-state index in [2.05, 4.69) is 33.1 Å². The number of halogens is 2. The lowest BCUT2D eigenvalue weighted by molar-refractivity contribution is 0.0320. The van der Waals surface area contributed by atoms with Crippen LogP contribution in [-0.2, 0) is 11.3 Å². The lowest BCUT2D eigenvalue weighted by Gasteiger charge is -2.30. The topological polar surface area (TPSA) is 40.1 Å². The molecular formula is C18H30ClIN4O. The molecule has 1 saturated heterocycles. The normalized spacial score (nSPS) is 16.9. The van der Waals surface area contributed by atoms with Crippen LogP contribution in [0.4, 0.5) is 0 Å². The largest absolute Gasteiger partial charge is 0.379 e. The predicted molar refractivity (Wildman–Crippen MR) is 116 cm³/mol. The second kappa shape index (κ2) is 11.9. The van der Waals surface area contributed by atoms with Gasteiger partial charge in [0.25, 0.3) is 0 Å². The fourth-order valence-electron chi connectivity index (χ4n) is 2.92. The van der Waals surface area contributed by atoms with Crippen LogP contribution in [0.1, 0.15) is 12.5 Å². The standard InChI is InChI=1S/C18H29ClN4O.HI/c1-15(13-23-7-9-24-10-8-23)12-21-18(20-2)22(3)14-16-5-4-6-17(19)11-16;/h4-6,11,15H,7-10,12-14H2,1-3H3,(H,20,21);1H. The molecule has 1 aliphatic heterocycles. The van der Waals surface area contributed by atoms with Gasteiger partial charge in [0.2, 0.25) is 0 Å². The summed E-state index contributed by atoms with van der Waals surface area (Å²) in [7, 11) is 3.87. The van der Waals surface area contributed by atoms with Crippen LogP contribution in [-0.4, -0.2) is 69.2 Å². The van der Waals surface area contributed by atoms with E-state index in [4.69, 9.17) is 16.3 Å². The van der Waals surface area contributed by atoms with Gasteiger partial charge in [-0.15, -0.1) is 24.0 Å². The molecule has 7 heteroatoms. The average Bonchev–Trinajstić information content (AvgIpc) is 2.56. The minimum absolute atomic E-state index is 0. The Bertz CT molecular complexity index is 538. The zero-order chi connectivity index (χ0) is 17.4. The van der Waals surface area contributed by atoms with Crippen molar-refractivity contribution in [1.82, 2.24) is 15.1 Å². The molecule has 0 amide bonds. The summed E-state index contributed by atoms with van der Waals surface area (Å²) in [5.41, 5.74) is 1.18. The second-order valence-corrected chi connectivity index (χ2v) is 6.87. The van der Waals surface area contributed by atoms with E-state index < -0.39 is 0 Å². The van der Waals surface area contributed by atoms with Gasteiger partial charge in [0, 0.05) is 51.8 Å². The third-order valence-corrected chi connectivity index (χ3v) is 4.40. The van der Waals surface area contributed by atoms with Crippen molar-refractivity contribution in [2.75, 3.05) is 53.5 Å². The van der Waals surface area contributed by atoms with Crippen LogP contribution in [0.3, 0.4) is 0 Å². The summed E-state index contributed by atoms with van der Waals surface area (Å²) in [6.07, 6.45) is 0. The first-order valence-electron chi connectivity index (χ1n) is 8.55. The van der Waals surface area contributed by atoms with E-state index in [1.807, 2.05) is 32.3 Å². The van der Waals surface area contributed by atoms with E-state index in [9.17, 15) is 0 Å². The number of ether oxygens (including phenoxy) is 1. The van der Waals surface area contributed by atoms with Gasteiger partial charge in [-0.2, -0.15) is 0 Å². The predicted octanol–water partition coefficient (Wildman–Crippen LogP) is 2.93. The molecule has 0 aromatic heterocycles. The molecule has 0 spiro atoms. The monoisotopic (exact) mass is 480 g/mol. The number of rotatable bonds is 6. The fraction of sp³-hybridized carbons (Fsp3) is 0.611. The zero-order valence-electron chi connectivity index (χ0n) is 15.4. The summed E-state index contributed by atoms with van der Waals surface area (Å²) in [5, 5.41) is 4.25. The summed E-state index contributed by atoms with van der Waals surface area (Å²) in [6.45, 7) is 8.82. The number of nitrogens with zero attached hydrogens (tertiary/aromatic N) is 3. The van der Waals surface area contributed by atoms with Gasteiger partial charge in [0.1, 0.15) is 0 Å². The van der Waals surface area contributed by atoms with Gasteiger partial charge in [0.05, 0.1) is 13.2 Å². The Balaban J connectivity index is 0.00000312. The number of morpholine rings is 1. The SMILES string of the molecule is CN=C(NCC(C)CN1CCOCC1)N(C)Cc1cccc(Cl)c1.I. The minimum atomic E-state index is 0. The Labute approximate surface area is 173 Å². The van der Waals surface area contributed by atoms with Crippen LogP contribution < -0.4 is 5.32 Å². The van der Waals surface area contributed by atoms with E-state index in [-0.39, 0.29) is 24.0 Å². The molecule has 2 rings (SSSR count). The van der Waals surface area contributed by atoms with Gasteiger partial charge in [-0.3, -0.25) is 9.89 Å². The highest BCUT2D eigenvalue weighted by Gasteiger charge is 2.14. The number of guanidine groups is 1. The summed E-state index contributed by atoms with van der Waals surface area (Å²) < 4.78 is 5.40. The number of nitrogens with one attached hydrogen (secondary N) is 1. The van der Waals surface area contributed by atoms with Gasteiger partial charge < -0.3 is 15.0 Å². The molecule has 0 saturated carbocycles. The molecule has 0 radical (unpaired) electrons. The molecule has 25 heavy (non-hydrogen) atoms. The summed E-state index contributed by atoms with van der Waals surface area (Å²) in [6, 6.07) is 7.95. The van der Waals surface area contributed by atoms with Crippen molar-refractivity contribution in [3.63, 3.8) is 0 Å². The zero-order valence-corrected chi connectivity index (χ0v) is 18.5. The quantitative estimate of drug-likeness (QED) is 0.386. The Morgan fingerprint density at radius 1 is 1.40 bits per heavy atom. The first-order chi connectivity index (χ1) is 11.6. The van der Waals surface area contributed by atoms with Gasteiger partial charge in [-0.1, -0.05) is 30.7 Å². The van der Waals surface area contributed by atoms with Crippen molar-refractivity contribution < 1.29 is 4.74 Å². The van der Waals surface area contributed by atoms with Gasteiger partial charge in [-0.05, 0) is 23.6 Å². The summed E-state index contributed by atoms with van der Waals surface area (Å²) >= 11 is 6.06. The van der Waals surface area contributed by atoms with E-state index in [0.29, 0.717) is 5.92 Å². The lowest BCUT2D eigenvalue weighted by atomic mass is 10.1. The Kier molecular flexibility index (Phi) is 10.7. The molecule has 1 aliphatic rings. The van der Waals surface area contributed by atoms with Crippen LogP contribution >= 0.6 is 35.6 Å². The van der Waals surface area contributed by atoms with E-state index in [1.165, 1.54) is 5.56 Å². The highest BCUT2D eigenvalue weighted by atomic mass is 127. The Morgan fingerprint density at radius 3 is 2.76 bits per heavy atom. The van der Waals surface area contributed by atoms with Crippen molar-refractivity contribution in [2.45, 2.75) is 13.5 Å². The molecule has 142 valence electrons. The van der Waals surface area contributed by atoms with Gasteiger partial charge >= 0.3 is 0 Å². The van der Waals surface area contributed by atoms with Crippen LogP contribution in [0, 0.1) is 5.92 Å². The maximum Gasteiger partial charge on any atom is 0.193 e. The average molecular weight is 481 g/mol. The third-order valence-electron chi connectivity index (χ3n) is 4.16. The summed E-state index contributed by atoms with van der Waals surface area (Å²) in [5.74, 6) is 1.46. The molecule has 1 N–H and O–H groups in total. The van der Waals surface area contributed by atoms with Gasteiger partial charge in [0.15, 0.2) is 5.96 Å². The molecule has 0 bridgehead atoms. The van der Waals surface area contributed by atoms with Crippen LogP contribution in [0.2, 0.25) is 5.02 Å². The molecule has 1 atom stereocenters. The molecule has 0 aliphatic carbocycles. The van der Waals surface area contributed by atoms with Crippen molar-refractivity contribution in [3.8, 4) is 0 Å². The van der Waals surface area contributed by atoms with Crippen LogP contribution in [0.15, 0.2) is 29.3 Å². The van der Waals surface area contributed by atoms with Crippen molar-refractivity contribution in [2.24, 2.45) is 10.9 Å².